The summed E-state index contributed by atoms with van der Waals surface area (Å²) >= 11 is 0. The van der Waals surface area contributed by atoms with Crippen molar-refractivity contribution in [3.63, 3.8) is 0 Å². The van der Waals surface area contributed by atoms with Crippen LogP contribution in [0.3, 0.4) is 0 Å². The number of pyridine rings is 1. The second kappa shape index (κ2) is 7.73. The molecule has 2 heterocycles. The Balaban J connectivity index is 1.90. The van der Waals surface area contributed by atoms with Crippen molar-refractivity contribution >= 4 is 17.6 Å². The van der Waals surface area contributed by atoms with E-state index in [2.05, 4.69) is 4.98 Å². The Labute approximate surface area is 157 Å². The lowest BCUT2D eigenvalue weighted by Gasteiger charge is -2.39. The largest absolute Gasteiger partial charge is 0.381 e. The minimum atomic E-state index is -0.600. The van der Waals surface area contributed by atoms with E-state index in [1.165, 1.54) is 12.3 Å². The zero-order valence-electron chi connectivity index (χ0n) is 15.5. The first kappa shape index (κ1) is 18.8. The van der Waals surface area contributed by atoms with Crippen LogP contribution in [0.25, 0.3) is 11.1 Å². The predicted molar refractivity (Wildman–Crippen MR) is 101 cm³/mol. The number of likely N-dealkylation sites (N-methyl/N-ethyl adjacent to an activating group) is 1. The van der Waals surface area contributed by atoms with Crippen molar-refractivity contribution in [2.24, 2.45) is 0 Å². The summed E-state index contributed by atoms with van der Waals surface area (Å²) in [7, 11) is 1.76. The van der Waals surface area contributed by atoms with Crippen LogP contribution in [-0.4, -0.2) is 52.8 Å². The number of nitrogen functional groups attached to an aromatic ring is 1. The van der Waals surface area contributed by atoms with Gasteiger partial charge in [0, 0.05) is 37.5 Å². The molecule has 6 nitrogen and oxygen atoms in total. The minimum Gasteiger partial charge on any atom is -0.381 e. The van der Waals surface area contributed by atoms with Gasteiger partial charge in [0.05, 0.1) is 0 Å². The molecule has 27 heavy (non-hydrogen) atoms. The maximum Gasteiger partial charge on any atom is 0.254 e. The monoisotopic (exact) mass is 370 g/mol. The van der Waals surface area contributed by atoms with Gasteiger partial charge in [-0.1, -0.05) is 25.5 Å². The fraction of sp³-hybridized carbons (Fsp3) is 0.350. The number of halogens is 1. The Morgan fingerprint density at radius 2 is 2.07 bits per heavy atom. The van der Waals surface area contributed by atoms with Crippen molar-refractivity contribution in [1.82, 2.24) is 14.8 Å². The van der Waals surface area contributed by atoms with Crippen LogP contribution in [0.1, 0.15) is 30.1 Å². The van der Waals surface area contributed by atoms with Crippen molar-refractivity contribution < 1.29 is 14.0 Å². The normalized spacial score (nSPS) is 17.3. The number of hydrogen-bond donors (Lipinski definition) is 1. The molecular weight excluding hydrogens is 347 g/mol. The second-order valence-corrected chi connectivity index (χ2v) is 6.73. The summed E-state index contributed by atoms with van der Waals surface area (Å²) < 4.78 is 13.7. The van der Waals surface area contributed by atoms with Gasteiger partial charge in [0.2, 0.25) is 5.91 Å². The van der Waals surface area contributed by atoms with Gasteiger partial charge < -0.3 is 15.5 Å². The van der Waals surface area contributed by atoms with Crippen LogP contribution in [0, 0.1) is 5.82 Å². The van der Waals surface area contributed by atoms with Crippen molar-refractivity contribution in [3.8, 4) is 11.1 Å². The summed E-state index contributed by atoms with van der Waals surface area (Å²) in [4.78, 5) is 32.7. The molecule has 0 spiro atoms. The van der Waals surface area contributed by atoms with Crippen LogP contribution in [0.4, 0.5) is 10.2 Å². The zero-order valence-corrected chi connectivity index (χ0v) is 15.5. The highest BCUT2D eigenvalue weighted by molar-refractivity contribution is 5.99. The van der Waals surface area contributed by atoms with Crippen molar-refractivity contribution in [3.05, 3.63) is 47.9 Å². The van der Waals surface area contributed by atoms with E-state index in [1.807, 2.05) is 6.92 Å². The van der Waals surface area contributed by atoms with Gasteiger partial charge in [-0.2, -0.15) is 0 Å². The number of benzene rings is 1. The molecule has 1 aromatic carbocycles. The number of piperazine rings is 1. The van der Waals surface area contributed by atoms with E-state index in [-0.39, 0.29) is 17.6 Å². The minimum absolute atomic E-state index is 0.0302. The molecule has 0 radical (unpaired) electrons. The van der Waals surface area contributed by atoms with Crippen molar-refractivity contribution in [1.29, 1.82) is 0 Å². The molecule has 0 aliphatic carbocycles. The molecule has 3 rings (SSSR count). The highest BCUT2D eigenvalue weighted by atomic mass is 19.1. The van der Waals surface area contributed by atoms with Gasteiger partial charge >= 0.3 is 0 Å². The number of carbonyl (C=O) groups is 2. The van der Waals surface area contributed by atoms with E-state index in [1.54, 1.807) is 41.1 Å². The van der Waals surface area contributed by atoms with Crippen LogP contribution >= 0.6 is 0 Å². The van der Waals surface area contributed by atoms with Gasteiger partial charge in [-0.15, -0.1) is 0 Å². The first-order valence-electron chi connectivity index (χ1n) is 8.99. The third-order valence-electron chi connectivity index (χ3n) is 4.85. The fourth-order valence-electron chi connectivity index (χ4n) is 3.31. The Bertz CT molecular complexity index is 871. The summed E-state index contributed by atoms with van der Waals surface area (Å²) in [6.45, 7) is 3.00. The van der Waals surface area contributed by atoms with E-state index < -0.39 is 11.9 Å². The van der Waals surface area contributed by atoms with Gasteiger partial charge in [-0.05, 0) is 30.2 Å². The van der Waals surface area contributed by atoms with Crippen LogP contribution in [0.5, 0.6) is 0 Å². The highest BCUT2D eigenvalue weighted by Gasteiger charge is 2.35. The second-order valence-electron chi connectivity index (χ2n) is 6.73. The summed E-state index contributed by atoms with van der Waals surface area (Å²) in [5, 5.41) is 0. The smallest absolute Gasteiger partial charge is 0.254 e. The van der Waals surface area contributed by atoms with Crippen LogP contribution in [-0.2, 0) is 4.79 Å². The maximum atomic E-state index is 13.7. The Morgan fingerprint density at radius 3 is 2.78 bits per heavy atom. The molecule has 1 aliphatic heterocycles. The molecule has 2 amide bonds. The molecule has 0 bridgehead atoms. The average Bonchev–Trinajstić information content (AvgIpc) is 2.67. The summed E-state index contributed by atoms with van der Waals surface area (Å²) in [5.74, 6) is -0.987. The molecule has 1 saturated heterocycles. The topological polar surface area (TPSA) is 79.5 Å². The standard InChI is InChI=1S/C20H23FN4O2/c1-3-5-17-20(27)24(2)8-9-25(17)19(26)14-7-4-6-13(10-14)15-11-16(21)18(22)23-12-15/h4,6-7,10-12,17H,3,5,8-9H2,1-2H3,(H2,22,23). The van der Waals surface area contributed by atoms with Gasteiger partial charge in [0.15, 0.2) is 11.6 Å². The Morgan fingerprint density at radius 1 is 1.30 bits per heavy atom. The third-order valence-corrected chi connectivity index (χ3v) is 4.85. The fourth-order valence-corrected chi connectivity index (χ4v) is 3.31. The van der Waals surface area contributed by atoms with Crippen LogP contribution in [0.15, 0.2) is 36.5 Å². The number of nitrogens with zero attached hydrogens (tertiary/aromatic N) is 3. The summed E-state index contributed by atoms with van der Waals surface area (Å²) in [6.07, 6.45) is 2.91. The molecule has 1 unspecified atom stereocenters. The molecule has 2 aromatic rings. The number of hydrogen-bond acceptors (Lipinski definition) is 4. The SMILES string of the molecule is CCCC1C(=O)N(C)CCN1C(=O)c1cccc(-c2cnc(N)c(F)c2)c1. The van der Waals surface area contributed by atoms with Gasteiger partial charge in [0.25, 0.3) is 5.91 Å². The van der Waals surface area contributed by atoms with Gasteiger partial charge in [-0.3, -0.25) is 9.59 Å². The van der Waals surface area contributed by atoms with E-state index in [4.69, 9.17) is 5.73 Å². The quantitative estimate of drug-likeness (QED) is 0.897. The molecule has 1 aliphatic rings. The first-order valence-corrected chi connectivity index (χ1v) is 8.99. The first-order chi connectivity index (χ1) is 12.9. The lowest BCUT2D eigenvalue weighted by atomic mass is 10.0. The lowest BCUT2D eigenvalue weighted by Crippen LogP contribution is -2.57. The van der Waals surface area contributed by atoms with Gasteiger partial charge in [0.1, 0.15) is 6.04 Å². The zero-order chi connectivity index (χ0) is 19.6. The van der Waals surface area contributed by atoms with Crippen molar-refractivity contribution in [2.75, 3.05) is 25.9 Å². The molecule has 7 heteroatoms. The Hall–Kier alpha value is -2.96. The maximum absolute atomic E-state index is 13.7. The van der Waals surface area contributed by atoms with Crippen LogP contribution in [0.2, 0.25) is 0 Å². The number of carbonyl (C=O) groups excluding carboxylic acids is 2. The van der Waals surface area contributed by atoms with Gasteiger partial charge in [-0.25, -0.2) is 9.37 Å². The van der Waals surface area contributed by atoms with E-state index in [9.17, 15) is 14.0 Å². The average molecular weight is 370 g/mol. The van der Waals surface area contributed by atoms with Crippen LogP contribution < -0.4 is 5.73 Å². The van der Waals surface area contributed by atoms with E-state index in [0.29, 0.717) is 36.2 Å². The third kappa shape index (κ3) is 3.77. The number of amides is 2. The lowest BCUT2D eigenvalue weighted by molar-refractivity contribution is -0.138. The number of nitrogens with two attached hydrogens (primary N) is 1. The van der Waals surface area contributed by atoms with E-state index in [0.717, 1.165) is 6.42 Å². The molecule has 1 fully saturated rings. The molecule has 142 valence electrons. The molecule has 0 saturated carbocycles. The summed E-state index contributed by atoms with van der Waals surface area (Å²) in [5.41, 5.74) is 7.09. The summed E-state index contributed by atoms with van der Waals surface area (Å²) in [6, 6.07) is 7.77. The number of anilines is 1. The number of rotatable bonds is 4. The highest BCUT2D eigenvalue weighted by Crippen LogP contribution is 2.24. The molecule has 1 aromatic heterocycles. The molecular formula is C20H23FN4O2. The number of aromatic nitrogens is 1. The Kier molecular flexibility index (Phi) is 5.39. The predicted octanol–water partition coefficient (Wildman–Crippen LogP) is 2.55. The van der Waals surface area contributed by atoms with Crippen molar-refractivity contribution in [2.45, 2.75) is 25.8 Å². The molecule has 2 N–H and O–H groups in total. The van der Waals surface area contributed by atoms with E-state index >= 15 is 0 Å². The molecule has 1 atom stereocenters.